The van der Waals surface area contributed by atoms with Crippen LogP contribution in [0.5, 0.6) is 0 Å². The summed E-state index contributed by atoms with van der Waals surface area (Å²) in [6.45, 7) is 4.78. The summed E-state index contributed by atoms with van der Waals surface area (Å²) in [4.78, 5) is 5.13. The lowest BCUT2D eigenvalue weighted by Gasteiger charge is -2.25. The van der Waals surface area contributed by atoms with Crippen LogP contribution in [0.2, 0.25) is 0 Å². The van der Waals surface area contributed by atoms with Crippen LogP contribution in [0.1, 0.15) is 62.5 Å². The van der Waals surface area contributed by atoms with Gasteiger partial charge in [0.05, 0.1) is 11.8 Å². The first-order chi connectivity index (χ1) is 17.7. The minimum atomic E-state index is 0.687. The molecule has 0 aromatic heterocycles. The monoisotopic (exact) mass is 488 g/mol. The number of benzene rings is 1. The van der Waals surface area contributed by atoms with Crippen LogP contribution >= 0.6 is 0 Å². The summed E-state index contributed by atoms with van der Waals surface area (Å²) in [6.07, 6.45) is 27.0. The average molecular weight is 489 g/mol. The number of likely N-dealkylation sites (tertiary alicyclic amines) is 2. The predicted octanol–water partition coefficient (Wildman–Crippen LogP) is 4.97. The molecule has 4 aliphatic heterocycles. The van der Waals surface area contributed by atoms with Gasteiger partial charge in [-0.3, -0.25) is 0 Å². The largest absolute Gasteiger partial charge is 0.303 e. The van der Waals surface area contributed by atoms with Crippen LogP contribution in [0, 0.1) is 11.8 Å². The van der Waals surface area contributed by atoms with E-state index in [2.05, 4.69) is 94.3 Å². The molecule has 2 fully saturated rings. The Morgan fingerprint density at radius 2 is 1.25 bits per heavy atom. The molecule has 4 nitrogen and oxygen atoms in total. The van der Waals surface area contributed by atoms with Crippen LogP contribution < -0.4 is 0 Å². The Kier molecular flexibility index (Phi) is 8.87. The normalized spacial score (nSPS) is 29.1. The quantitative estimate of drug-likeness (QED) is 0.431. The number of allylic oxidation sites excluding steroid dienone is 2. The zero-order valence-corrected chi connectivity index (χ0v) is 22.8. The molecule has 2 unspecified atom stereocenters. The predicted molar refractivity (Wildman–Crippen MR) is 151 cm³/mol. The second kappa shape index (κ2) is 12.5. The van der Waals surface area contributed by atoms with E-state index in [1.807, 2.05) is 0 Å². The molecule has 0 aliphatic carbocycles. The fourth-order valence-electron chi connectivity index (χ4n) is 7.06. The summed E-state index contributed by atoms with van der Waals surface area (Å²) in [7, 11) is 4.60. The second-order valence-corrected chi connectivity index (χ2v) is 11.7. The minimum absolute atomic E-state index is 0.687. The van der Waals surface area contributed by atoms with E-state index in [4.69, 9.17) is 0 Å². The summed E-state index contributed by atoms with van der Waals surface area (Å²) >= 11 is 0. The Morgan fingerprint density at radius 3 is 1.69 bits per heavy atom. The van der Waals surface area contributed by atoms with Gasteiger partial charge in [0.15, 0.2) is 12.4 Å². The van der Waals surface area contributed by atoms with Gasteiger partial charge < -0.3 is 9.80 Å². The van der Waals surface area contributed by atoms with E-state index in [0.717, 1.165) is 25.2 Å². The highest BCUT2D eigenvalue weighted by atomic mass is 15.2. The van der Waals surface area contributed by atoms with Crippen LogP contribution in [0.15, 0.2) is 48.8 Å². The maximum absolute atomic E-state index is 2.57. The van der Waals surface area contributed by atoms with Crippen LogP contribution in [0.25, 0.3) is 0 Å². The highest BCUT2D eigenvalue weighted by Crippen LogP contribution is 2.26. The maximum Gasteiger partial charge on any atom is 0.164 e. The standard InChI is InChI=1S/C32H48N4/c1-33-18-8-16-31(33)29-14-6-22-35(25-29)20-4-12-27-10-3-11-28(24-27)13-5-21-36-23-7-15-30(26-36)32-17-9-19-34(32)2/h3,6-7,10-11,22-26,29-32H,4-5,8-9,12-21H2,1-2H3/q+2/t29?,30?,31-,32-/m1/s1. The molecule has 4 aliphatic rings. The third-order valence-corrected chi connectivity index (χ3v) is 9.07. The number of rotatable bonds is 10. The van der Waals surface area contributed by atoms with E-state index in [1.54, 1.807) is 0 Å². The second-order valence-electron chi connectivity index (χ2n) is 11.7. The smallest absolute Gasteiger partial charge is 0.164 e. The van der Waals surface area contributed by atoms with Gasteiger partial charge in [-0.15, -0.1) is 0 Å². The van der Waals surface area contributed by atoms with Crippen molar-refractivity contribution in [1.82, 2.24) is 9.80 Å². The van der Waals surface area contributed by atoms with Gasteiger partial charge >= 0.3 is 0 Å². The first-order valence-electron chi connectivity index (χ1n) is 14.7. The van der Waals surface area contributed by atoms with Crippen molar-refractivity contribution >= 4 is 12.4 Å². The number of nitrogens with zero attached hydrogens (tertiary/aromatic N) is 4. The molecule has 1 aromatic carbocycles. The van der Waals surface area contributed by atoms with E-state index in [9.17, 15) is 0 Å². The molecule has 5 rings (SSSR count). The molecular weight excluding hydrogens is 440 g/mol. The van der Waals surface area contributed by atoms with Crippen molar-refractivity contribution in [3.63, 3.8) is 0 Å². The molecule has 0 spiro atoms. The van der Waals surface area contributed by atoms with E-state index >= 15 is 0 Å². The summed E-state index contributed by atoms with van der Waals surface area (Å²) in [5, 5.41) is 0. The third kappa shape index (κ3) is 6.63. The van der Waals surface area contributed by atoms with Crippen molar-refractivity contribution in [2.45, 2.75) is 76.3 Å². The lowest BCUT2D eigenvalue weighted by Crippen LogP contribution is -2.36. The Bertz CT molecular complexity index is 914. The molecule has 4 heterocycles. The number of aryl methyl sites for hydroxylation is 2. The van der Waals surface area contributed by atoms with E-state index in [0.29, 0.717) is 11.8 Å². The minimum Gasteiger partial charge on any atom is -0.303 e. The SMILES string of the molecule is CN1CCC[C@@H]1C1C=[N+](CCCc2cccc(CCC[N+]3=CC([C@H]4CCCN4C)CC=C3)c2)C=CC1. The van der Waals surface area contributed by atoms with E-state index in [1.165, 1.54) is 88.4 Å². The molecule has 1 aromatic rings. The van der Waals surface area contributed by atoms with Crippen molar-refractivity contribution < 1.29 is 9.15 Å². The molecule has 0 bridgehead atoms. The van der Waals surface area contributed by atoms with Crippen molar-refractivity contribution in [3.05, 3.63) is 59.9 Å². The van der Waals surface area contributed by atoms with Crippen LogP contribution in [-0.2, 0) is 12.8 Å². The van der Waals surface area contributed by atoms with Gasteiger partial charge in [0, 0.05) is 24.9 Å². The van der Waals surface area contributed by atoms with Crippen molar-refractivity contribution in [1.29, 1.82) is 0 Å². The molecule has 0 radical (unpaired) electrons. The first-order valence-corrected chi connectivity index (χ1v) is 14.7. The van der Waals surface area contributed by atoms with Gasteiger partial charge in [-0.25, -0.2) is 9.15 Å². The van der Waals surface area contributed by atoms with Gasteiger partial charge in [0.1, 0.15) is 25.5 Å². The van der Waals surface area contributed by atoms with Crippen molar-refractivity contribution in [2.24, 2.45) is 11.8 Å². The number of hydrogen-bond acceptors (Lipinski definition) is 2. The van der Waals surface area contributed by atoms with Gasteiger partial charge in [-0.2, -0.15) is 0 Å². The molecule has 0 amide bonds. The molecular formula is C32H48N4+2. The zero-order valence-electron chi connectivity index (χ0n) is 22.8. The summed E-state index contributed by atoms with van der Waals surface area (Å²) in [5.41, 5.74) is 2.99. The topological polar surface area (TPSA) is 12.5 Å². The zero-order chi connectivity index (χ0) is 24.7. The molecule has 194 valence electrons. The summed E-state index contributed by atoms with van der Waals surface area (Å²) in [6, 6.07) is 10.8. The lowest BCUT2D eigenvalue weighted by molar-refractivity contribution is -0.457. The highest BCUT2D eigenvalue weighted by molar-refractivity contribution is 5.58. The fourth-order valence-corrected chi connectivity index (χ4v) is 7.06. The molecule has 0 saturated carbocycles. The van der Waals surface area contributed by atoms with Gasteiger partial charge in [-0.05, 0) is 102 Å². The lowest BCUT2D eigenvalue weighted by atomic mass is 9.94. The molecule has 4 atom stereocenters. The van der Waals surface area contributed by atoms with Gasteiger partial charge in [-0.1, -0.05) is 24.3 Å². The van der Waals surface area contributed by atoms with Crippen molar-refractivity contribution in [2.75, 3.05) is 40.3 Å². The maximum atomic E-state index is 2.57. The number of hydrogen-bond donors (Lipinski definition) is 0. The first kappa shape index (κ1) is 25.6. The van der Waals surface area contributed by atoms with Crippen molar-refractivity contribution in [3.8, 4) is 0 Å². The summed E-state index contributed by atoms with van der Waals surface area (Å²) < 4.78 is 4.92. The van der Waals surface area contributed by atoms with Crippen LogP contribution in [-0.4, -0.2) is 83.7 Å². The van der Waals surface area contributed by atoms with E-state index < -0.39 is 0 Å². The highest BCUT2D eigenvalue weighted by Gasteiger charge is 2.32. The summed E-state index contributed by atoms with van der Waals surface area (Å²) in [5.74, 6) is 1.37. The Hall–Kier alpha value is -2.04. The Balaban J connectivity index is 1.06. The fraction of sp³-hybridized carbons (Fsp3) is 0.625. The van der Waals surface area contributed by atoms with E-state index in [-0.39, 0.29) is 0 Å². The van der Waals surface area contributed by atoms with Crippen LogP contribution in [0.3, 0.4) is 0 Å². The molecule has 2 saturated heterocycles. The third-order valence-electron chi connectivity index (χ3n) is 9.07. The van der Waals surface area contributed by atoms with Gasteiger partial charge in [0.2, 0.25) is 0 Å². The molecule has 36 heavy (non-hydrogen) atoms. The van der Waals surface area contributed by atoms with Gasteiger partial charge in [0.25, 0.3) is 0 Å². The average Bonchev–Trinajstić information content (AvgIpc) is 3.52. The molecule has 0 N–H and O–H groups in total. The van der Waals surface area contributed by atoms with Crippen LogP contribution in [0.4, 0.5) is 0 Å². The Labute approximate surface area is 219 Å². The Morgan fingerprint density at radius 1 is 0.750 bits per heavy atom. The molecule has 4 heteroatoms.